The van der Waals surface area contributed by atoms with Crippen molar-refractivity contribution in [3.8, 4) is 0 Å². The minimum atomic E-state index is -3.67. The molecular formula is C13H16N4O4S2. The van der Waals surface area contributed by atoms with Crippen molar-refractivity contribution in [3.05, 3.63) is 50.5 Å². The van der Waals surface area contributed by atoms with Crippen LogP contribution in [0.3, 0.4) is 0 Å². The maximum Gasteiger partial charge on any atom is 0.269 e. The van der Waals surface area contributed by atoms with Gasteiger partial charge in [-0.05, 0) is 19.1 Å². The number of sulfonamides is 1. The molecule has 2 N–H and O–H groups in total. The number of thiazole rings is 1. The molecule has 2 rings (SSSR count). The quantitative estimate of drug-likeness (QED) is 0.420. The summed E-state index contributed by atoms with van der Waals surface area (Å²) in [6, 6.07) is 4.76. The lowest BCUT2D eigenvalue weighted by Gasteiger charge is -2.07. The van der Waals surface area contributed by atoms with Gasteiger partial charge in [-0.15, -0.1) is 11.3 Å². The van der Waals surface area contributed by atoms with Gasteiger partial charge in [-0.1, -0.05) is 0 Å². The lowest BCUT2D eigenvalue weighted by Crippen LogP contribution is -2.31. The molecule has 0 radical (unpaired) electrons. The highest BCUT2D eigenvalue weighted by molar-refractivity contribution is 7.89. The van der Waals surface area contributed by atoms with E-state index in [1.54, 1.807) is 17.5 Å². The fraction of sp³-hybridized carbons (Fsp3) is 0.308. The Morgan fingerprint density at radius 1 is 1.26 bits per heavy atom. The van der Waals surface area contributed by atoms with Gasteiger partial charge >= 0.3 is 0 Å². The Kier molecular flexibility index (Phi) is 5.77. The van der Waals surface area contributed by atoms with Gasteiger partial charge in [0.1, 0.15) is 0 Å². The van der Waals surface area contributed by atoms with Crippen molar-refractivity contribution >= 4 is 27.0 Å². The first-order valence-electron chi connectivity index (χ1n) is 6.74. The molecule has 0 unspecified atom stereocenters. The van der Waals surface area contributed by atoms with Crippen LogP contribution in [-0.4, -0.2) is 31.4 Å². The SMILES string of the molecule is Cc1ncc(CNCCNS(=O)(=O)c2ccc([N+](=O)[O-])cc2)s1. The minimum absolute atomic E-state index is 0.00109. The Balaban J connectivity index is 1.80. The summed E-state index contributed by atoms with van der Waals surface area (Å²) in [4.78, 5) is 15.2. The maximum atomic E-state index is 12.0. The number of nitrogens with zero attached hydrogens (tertiary/aromatic N) is 2. The number of non-ortho nitro benzene ring substituents is 1. The molecule has 0 fully saturated rings. The molecule has 23 heavy (non-hydrogen) atoms. The lowest BCUT2D eigenvalue weighted by molar-refractivity contribution is -0.384. The summed E-state index contributed by atoms with van der Waals surface area (Å²) < 4.78 is 26.5. The van der Waals surface area contributed by atoms with Gasteiger partial charge in [0.25, 0.3) is 5.69 Å². The molecule has 0 aliphatic carbocycles. The molecule has 0 atom stereocenters. The molecule has 0 aliphatic rings. The normalized spacial score (nSPS) is 11.5. The van der Waals surface area contributed by atoms with Crippen molar-refractivity contribution in [2.75, 3.05) is 13.1 Å². The van der Waals surface area contributed by atoms with E-state index in [1.165, 1.54) is 24.3 Å². The molecule has 0 saturated carbocycles. The first-order valence-corrected chi connectivity index (χ1v) is 9.04. The Hall–Kier alpha value is -1.88. The summed E-state index contributed by atoms with van der Waals surface area (Å²) >= 11 is 1.58. The first-order chi connectivity index (χ1) is 10.9. The van der Waals surface area contributed by atoms with E-state index in [9.17, 15) is 18.5 Å². The average Bonchev–Trinajstić information content (AvgIpc) is 2.92. The fourth-order valence-corrected chi connectivity index (χ4v) is 3.60. The summed E-state index contributed by atoms with van der Waals surface area (Å²) in [6.07, 6.45) is 1.79. The predicted molar refractivity (Wildman–Crippen MR) is 86.8 cm³/mol. The summed E-state index contributed by atoms with van der Waals surface area (Å²) in [5.74, 6) is 0. The third kappa shape index (κ3) is 5.06. The monoisotopic (exact) mass is 356 g/mol. The van der Waals surface area contributed by atoms with Crippen molar-refractivity contribution in [1.29, 1.82) is 0 Å². The van der Waals surface area contributed by atoms with Crippen LogP contribution in [0.5, 0.6) is 0 Å². The predicted octanol–water partition coefficient (Wildman–Crippen LogP) is 1.43. The highest BCUT2D eigenvalue weighted by atomic mass is 32.2. The van der Waals surface area contributed by atoms with Gasteiger partial charge in [0.15, 0.2) is 0 Å². The second-order valence-corrected chi connectivity index (χ2v) is 7.76. The number of aromatic nitrogens is 1. The van der Waals surface area contributed by atoms with E-state index in [0.717, 1.165) is 9.88 Å². The van der Waals surface area contributed by atoms with E-state index in [4.69, 9.17) is 0 Å². The number of rotatable bonds is 8. The summed E-state index contributed by atoms with van der Waals surface area (Å²) in [5.41, 5.74) is -0.148. The van der Waals surface area contributed by atoms with Gasteiger partial charge in [0.05, 0.1) is 14.8 Å². The van der Waals surface area contributed by atoms with Crippen LogP contribution in [0.4, 0.5) is 5.69 Å². The van der Waals surface area contributed by atoms with Crippen LogP contribution >= 0.6 is 11.3 Å². The molecule has 8 nitrogen and oxygen atoms in total. The van der Waals surface area contributed by atoms with Gasteiger partial charge in [-0.25, -0.2) is 18.1 Å². The van der Waals surface area contributed by atoms with E-state index in [0.29, 0.717) is 13.1 Å². The molecule has 0 bridgehead atoms. The van der Waals surface area contributed by atoms with Crippen LogP contribution in [-0.2, 0) is 16.6 Å². The molecular weight excluding hydrogens is 340 g/mol. The zero-order valence-electron chi connectivity index (χ0n) is 12.4. The molecule has 0 aliphatic heterocycles. The van der Waals surface area contributed by atoms with E-state index < -0.39 is 14.9 Å². The summed E-state index contributed by atoms with van der Waals surface area (Å²) in [6.45, 7) is 3.23. The third-order valence-electron chi connectivity index (χ3n) is 2.92. The highest BCUT2D eigenvalue weighted by Gasteiger charge is 2.15. The zero-order valence-corrected chi connectivity index (χ0v) is 14.0. The van der Waals surface area contributed by atoms with Crippen LogP contribution in [0.2, 0.25) is 0 Å². The molecule has 2 aromatic rings. The number of nitro benzene ring substituents is 1. The van der Waals surface area contributed by atoms with Gasteiger partial charge in [-0.2, -0.15) is 0 Å². The van der Waals surface area contributed by atoms with Gasteiger partial charge < -0.3 is 5.32 Å². The number of aryl methyl sites for hydroxylation is 1. The van der Waals surface area contributed by atoms with Crippen molar-refractivity contribution in [2.24, 2.45) is 0 Å². The largest absolute Gasteiger partial charge is 0.310 e. The highest BCUT2D eigenvalue weighted by Crippen LogP contribution is 2.15. The van der Waals surface area contributed by atoms with E-state index in [1.807, 2.05) is 6.92 Å². The second-order valence-electron chi connectivity index (χ2n) is 4.67. The van der Waals surface area contributed by atoms with Crippen molar-refractivity contribution in [1.82, 2.24) is 15.0 Å². The van der Waals surface area contributed by atoms with Gasteiger partial charge in [0.2, 0.25) is 10.0 Å². The van der Waals surface area contributed by atoms with Crippen molar-refractivity contribution in [2.45, 2.75) is 18.4 Å². The molecule has 10 heteroatoms. The Labute approximate surface area is 137 Å². The standard InChI is InChI=1S/C13H16N4O4S2/c1-10-15-9-12(22-10)8-14-6-7-16-23(20,21)13-4-2-11(3-5-13)17(18)19/h2-5,9,14,16H,6-8H2,1H3. The Bertz CT molecular complexity index is 772. The Morgan fingerprint density at radius 2 is 1.96 bits per heavy atom. The van der Waals surface area contributed by atoms with E-state index in [2.05, 4.69) is 15.0 Å². The molecule has 0 spiro atoms. The summed E-state index contributed by atoms with van der Waals surface area (Å²) in [5, 5.41) is 14.7. The summed E-state index contributed by atoms with van der Waals surface area (Å²) in [7, 11) is -3.67. The number of nitro groups is 1. The van der Waals surface area contributed by atoms with Crippen LogP contribution in [0.1, 0.15) is 9.88 Å². The molecule has 1 heterocycles. The third-order valence-corrected chi connectivity index (χ3v) is 5.31. The molecule has 124 valence electrons. The average molecular weight is 356 g/mol. The van der Waals surface area contributed by atoms with Crippen LogP contribution in [0, 0.1) is 17.0 Å². The van der Waals surface area contributed by atoms with Crippen molar-refractivity contribution in [3.63, 3.8) is 0 Å². The van der Waals surface area contributed by atoms with Crippen LogP contribution < -0.4 is 10.0 Å². The molecule has 0 saturated heterocycles. The second kappa shape index (κ2) is 7.59. The zero-order chi connectivity index (χ0) is 16.9. The topological polar surface area (TPSA) is 114 Å². The van der Waals surface area contributed by atoms with Crippen LogP contribution in [0.25, 0.3) is 0 Å². The van der Waals surface area contributed by atoms with Crippen LogP contribution in [0.15, 0.2) is 35.4 Å². The number of hydrogen-bond acceptors (Lipinski definition) is 7. The van der Waals surface area contributed by atoms with Gasteiger partial charge in [0, 0.05) is 42.8 Å². The van der Waals surface area contributed by atoms with E-state index in [-0.39, 0.29) is 17.1 Å². The number of nitrogens with one attached hydrogen (secondary N) is 2. The smallest absolute Gasteiger partial charge is 0.269 e. The van der Waals surface area contributed by atoms with Crippen molar-refractivity contribution < 1.29 is 13.3 Å². The first kappa shape index (κ1) is 17.5. The minimum Gasteiger partial charge on any atom is -0.310 e. The molecule has 1 aromatic carbocycles. The lowest BCUT2D eigenvalue weighted by atomic mass is 10.3. The maximum absolute atomic E-state index is 12.0. The number of hydrogen-bond donors (Lipinski definition) is 2. The van der Waals surface area contributed by atoms with E-state index >= 15 is 0 Å². The number of benzene rings is 1. The van der Waals surface area contributed by atoms with Gasteiger partial charge in [-0.3, -0.25) is 10.1 Å². The fourth-order valence-electron chi connectivity index (χ4n) is 1.80. The Morgan fingerprint density at radius 3 is 2.52 bits per heavy atom. The molecule has 1 aromatic heterocycles. The molecule has 0 amide bonds.